The monoisotopic (exact) mass is 283 g/mol. The average molecular weight is 283 g/mol. The van der Waals surface area contributed by atoms with Crippen LogP contribution in [0.1, 0.15) is 22.3 Å². The van der Waals surface area contributed by atoms with E-state index in [2.05, 4.69) is 5.32 Å². The second-order valence-electron chi connectivity index (χ2n) is 4.78. The van der Waals surface area contributed by atoms with Gasteiger partial charge in [0, 0.05) is 6.04 Å². The smallest absolute Gasteiger partial charge is 0.255 e. The maximum atomic E-state index is 12.2. The van der Waals surface area contributed by atoms with E-state index in [1.807, 2.05) is 13.0 Å². The number of carbonyl (C=O) groups is 1. The first-order valence-corrected chi connectivity index (χ1v) is 7.89. The molecule has 1 amide bonds. The summed E-state index contributed by atoms with van der Waals surface area (Å²) in [7, 11) is -1.49. The Morgan fingerprint density at radius 1 is 1.42 bits per heavy atom. The predicted octanol–water partition coefficient (Wildman–Crippen LogP) is 0.921. The van der Waals surface area contributed by atoms with Gasteiger partial charge in [0.1, 0.15) is 5.75 Å². The lowest BCUT2D eigenvalue weighted by atomic mass is 10.1. The summed E-state index contributed by atoms with van der Waals surface area (Å²) < 4.78 is 27.9. The van der Waals surface area contributed by atoms with Crippen molar-refractivity contribution in [2.75, 3.05) is 18.6 Å². The molecule has 2 rings (SSSR count). The van der Waals surface area contributed by atoms with Crippen LogP contribution in [0.4, 0.5) is 0 Å². The Kier molecular flexibility index (Phi) is 3.80. The Hall–Kier alpha value is -1.56. The van der Waals surface area contributed by atoms with Crippen molar-refractivity contribution in [3.63, 3.8) is 0 Å². The highest BCUT2D eigenvalue weighted by atomic mass is 32.2. The predicted molar refractivity (Wildman–Crippen MR) is 72.3 cm³/mol. The lowest BCUT2D eigenvalue weighted by Crippen LogP contribution is -2.35. The summed E-state index contributed by atoms with van der Waals surface area (Å²) in [5.74, 6) is 0.363. The Balaban J connectivity index is 2.14. The lowest BCUT2D eigenvalue weighted by molar-refractivity contribution is 0.0938. The molecule has 1 atom stereocenters. The topological polar surface area (TPSA) is 72.5 Å². The molecule has 6 heteroatoms. The van der Waals surface area contributed by atoms with Crippen LogP contribution in [0.3, 0.4) is 0 Å². The van der Waals surface area contributed by atoms with Crippen LogP contribution in [0.5, 0.6) is 5.75 Å². The second-order valence-corrected chi connectivity index (χ2v) is 7.01. The molecule has 1 unspecified atom stereocenters. The molecule has 5 nitrogen and oxygen atoms in total. The zero-order chi connectivity index (χ0) is 14.0. The van der Waals surface area contributed by atoms with E-state index in [1.165, 1.54) is 7.11 Å². The number of nitrogens with one attached hydrogen (secondary N) is 1. The van der Waals surface area contributed by atoms with Crippen molar-refractivity contribution < 1.29 is 17.9 Å². The van der Waals surface area contributed by atoms with Crippen molar-refractivity contribution in [2.45, 2.75) is 19.4 Å². The molecule has 0 saturated carbocycles. The number of rotatable bonds is 3. The van der Waals surface area contributed by atoms with Gasteiger partial charge in [-0.3, -0.25) is 4.79 Å². The maximum absolute atomic E-state index is 12.2. The molecule has 0 aromatic heterocycles. The molecular weight excluding hydrogens is 266 g/mol. The van der Waals surface area contributed by atoms with Crippen molar-refractivity contribution in [3.8, 4) is 5.75 Å². The standard InChI is InChI=1S/C13H17NO4S/c1-9-3-4-12(18-2)11(7-9)13(15)14-10-5-6-19(16,17)8-10/h3-4,7,10H,5-6,8H2,1-2H3,(H,14,15). The highest BCUT2D eigenvalue weighted by Gasteiger charge is 2.29. The molecule has 0 radical (unpaired) electrons. The lowest BCUT2D eigenvalue weighted by Gasteiger charge is -2.13. The van der Waals surface area contributed by atoms with Crippen molar-refractivity contribution in [2.24, 2.45) is 0 Å². The summed E-state index contributed by atoms with van der Waals surface area (Å²) in [5.41, 5.74) is 1.39. The normalized spacial score (nSPS) is 21.1. The van der Waals surface area contributed by atoms with Crippen LogP contribution in [0, 0.1) is 6.92 Å². The SMILES string of the molecule is COc1ccc(C)cc1C(=O)NC1CCS(=O)(=O)C1. The molecule has 1 aromatic carbocycles. The van der Waals surface area contributed by atoms with Gasteiger partial charge in [0.05, 0.1) is 24.2 Å². The molecule has 0 bridgehead atoms. The van der Waals surface area contributed by atoms with Crippen LogP contribution in [0.25, 0.3) is 0 Å². The first-order valence-electron chi connectivity index (χ1n) is 6.07. The molecule has 1 heterocycles. The Labute approximate surface area is 112 Å². The highest BCUT2D eigenvalue weighted by Crippen LogP contribution is 2.20. The van der Waals surface area contributed by atoms with Gasteiger partial charge in [0.2, 0.25) is 0 Å². The highest BCUT2D eigenvalue weighted by molar-refractivity contribution is 7.91. The largest absolute Gasteiger partial charge is 0.496 e. The number of amides is 1. The number of carbonyl (C=O) groups excluding carboxylic acids is 1. The van der Waals surface area contributed by atoms with Crippen molar-refractivity contribution in [1.29, 1.82) is 0 Å². The summed E-state index contributed by atoms with van der Waals surface area (Å²) in [6.07, 6.45) is 0.474. The molecule has 1 aliphatic heterocycles. The van der Waals surface area contributed by atoms with E-state index < -0.39 is 9.84 Å². The van der Waals surface area contributed by atoms with Crippen molar-refractivity contribution in [1.82, 2.24) is 5.32 Å². The fourth-order valence-corrected chi connectivity index (χ4v) is 3.84. The van der Waals surface area contributed by atoms with Gasteiger partial charge in [-0.1, -0.05) is 11.6 Å². The number of benzene rings is 1. The fourth-order valence-electron chi connectivity index (χ4n) is 2.17. The molecule has 1 fully saturated rings. The summed E-state index contributed by atoms with van der Waals surface area (Å²) in [4.78, 5) is 12.2. The third-order valence-corrected chi connectivity index (χ3v) is 4.94. The second kappa shape index (κ2) is 5.21. The van der Waals surface area contributed by atoms with E-state index in [9.17, 15) is 13.2 Å². The Morgan fingerprint density at radius 3 is 2.74 bits per heavy atom. The van der Waals surface area contributed by atoms with Gasteiger partial charge in [-0.2, -0.15) is 0 Å². The number of aryl methyl sites for hydroxylation is 1. The van der Waals surface area contributed by atoms with Gasteiger partial charge in [0.15, 0.2) is 9.84 Å². The van der Waals surface area contributed by atoms with E-state index in [4.69, 9.17) is 4.74 Å². The maximum Gasteiger partial charge on any atom is 0.255 e. The number of hydrogen-bond donors (Lipinski definition) is 1. The van der Waals surface area contributed by atoms with E-state index >= 15 is 0 Å². The van der Waals surface area contributed by atoms with E-state index in [-0.39, 0.29) is 23.5 Å². The van der Waals surface area contributed by atoms with Crippen molar-refractivity contribution >= 4 is 15.7 Å². The molecule has 19 heavy (non-hydrogen) atoms. The first-order chi connectivity index (χ1) is 8.91. The third kappa shape index (κ3) is 3.26. The summed E-state index contributed by atoms with van der Waals surface area (Å²) in [6.45, 7) is 1.89. The molecule has 1 saturated heterocycles. The zero-order valence-electron chi connectivity index (χ0n) is 11.0. The van der Waals surface area contributed by atoms with E-state index in [1.54, 1.807) is 12.1 Å². The fraction of sp³-hybridized carbons (Fsp3) is 0.462. The Bertz CT molecular complexity index is 595. The van der Waals surface area contributed by atoms with E-state index in [0.29, 0.717) is 17.7 Å². The molecule has 0 spiro atoms. The summed E-state index contributed by atoms with van der Waals surface area (Å²) >= 11 is 0. The number of sulfone groups is 1. The number of methoxy groups -OCH3 is 1. The molecule has 104 valence electrons. The van der Waals surface area contributed by atoms with Crippen LogP contribution < -0.4 is 10.1 Å². The van der Waals surface area contributed by atoms with Crippen LogP contribution in [-0.2, 0) is 9.84 Å². The quantitative estimate of drug-likeness (QED) is 0.895. The van der Waals surface area contributed by atoms with E-state index in [0.717, 1.165) is 5.56 Å². The van der Waals surface area contributed by atoms with Gasteiger partial charge in [0.25, 0.3) is 5.91 Å². The van der Waals surface area contributed by atoms with Crippen LogP contribution in [0.2, 0.25) is 0 Å². The molecule has 1 aliphatic rings. The van der Waals surface area contributed by atoms with Crippen molar-refractivity contribution in [3.05, 3.63) is 29.3 Å². The number of ether oxygens (including phenoxy) is 1. The van der Waals surface area contributed by atoms with Crippen LogP contribution in [0.15, 0.2) is 18.2 Å². The van der Waals surface area contributed by atoms with Gasteiger partial charge in [-0.05, 0) is 25.5 Å². The molecule has 1 aromatic rings. The first kappa shape index (κ1) is 13.9. The van der Waals surface area contributed by atoms with Gasteiger partial charge in [-0.15, -0.1) is 0 Å². The minimum atomic E-state index is -2.99. The van der Waals surface area contributed by atoms with Gasteiger partial charge < -0.3 is 10.1 Å². The van der Waals surface area contributed by atoms with Crippen LogP contribution >= 0.6 is 0 Å². The summed E-state index contributed by atoms with van der Waals surface area (Å²) in [6, 6.07) is 5.02. The van der Waals surface area contributed by atoms with Gasteiger partial charge >= 0.3 is 0 Å². The summed E-state index contributed by atoms with van der Waals surface area (Å²) in [5, 5.41) is 2.75. The zero-order valence-corrected chi connectivity index (χ0v) is 11.8. The van der Waals surface area contributed by atoms with Gasteiger partial charge in [-0.25, -0.2) is 8.42 Å². The third-order valence-electron chi connectivity index (χ3n) is 3.17. The molecular formula is C13H17NO4S. The minimum absolute atomic E-state index is 0.0207. The average Bonchev–Trinajstić information content (AvgIpc) is 2.68. The Morgan fingerprint density at radius 2 is 2.16 bits per heavy atom. The minimum Gasteiger partial charge on any atom is -0.496 e. The van der Waals surface area contributed by atoms with Crippen LogP contribution in [-0.4, -0.2) is 39.0 Å². The number of hydrogen-bond acceptors (Lipinski definition) is 4. The molecule has 0 aliphatic carbocycles. The molecule has 1 N–H and O–H groups in total.